The summed E-state index contributed by atoms with van der Waals surface area (Å²) in [5.74, 6) is 0.824. The quantitative estimate of drug-likeness (QED) is 0.350. The van der Waals surface area contributed by atoms with E-state index in [1.807, 2.05) is 0 Å². The van der Waals surface area contributed by atoms with E-state index in [1.165, 1.54) is 4.68 Å². The molecule has 11 heteroatoms. The van der Waals surface area contributed by atoms with Gasteiger partial charge in [-0.2, -0.15) is 13.5 Å². The van der Waals surface area contributed by atoms with Gasteiger partial charge in [-0.05, 0) is 0 Å². The number of nitrogens with two attached hydrogens (primary N) is 2. The predicted molar refractivity (Wildman–Crippen MR) is 61.8 cm³/mol. The molecule has 0 bridgehead atoms. The Kier molecular flexibility index (Phi) is 5.67. The first-order chi connectivity index (χ1) is 7.66. The van der Waals surface area contributed by atoms with Crippen LogP contribution in [0.25, 0.3) is 0 Å². The summed E-state index contributed by atoms with van der Waals surface area (Å²) in [6.45, 7) is 0.452. The number of nitrogen functional groups attached to an aromatic ring is 2. The monoisotopic (exact) mass is 269 g/mol. The highest BCUT2D eigenvalue weighted by Gasteiger charge is 2.09. The largest absolute Gasteiger partial charge is 0.395 e. The Morgan fingerprint density at radius 1 is 1.41 bits per heavy atom. The highest BCUT2D eigenvalue weighted by molar-refractivity contribution is 7.79. The number of nitrogens with one attached hydrogen (secondary N) is 1. The highest BCUT2D eigenvalue weighted by atomic mass is 32.3. The summed E-state index contributed by atoms with van der Waals surface area (Å²) < 4.78 is 33.1. The van der Waals surface area contributed by atoms with Gasteiger partial charge in [0.25, 0.3) is 0 Å². The Morgan fingerprint density at radius 3 is 2.18 bits per heavy atom. The molecule has 0 radical (unpaired) electrons. The molecule has 17 heavy (non-hydrogen) atoms. The lowest BCUT2D eigenvalue weighted by Crippen LogP contribution is -2.08. The number of hydrogen-bond donors (Lipinski definition) is 6. The molecule has 0 saturated carbocycles. The van der Waals surface area contributed by atoms with Gasteiger partial charge in [-0.3, -0.25) is 9.11 Å². The molecule has 1 aromatic rings. The van der Waals surface area contributed by atoms with Gasteiger partial charge in [0.1, 0.15) is 11.5 Å². The zero-order chi connectivity index (χ0) is 13.6. The fraction of sp³-hybridized carbons (Fsp3) is 0.500. The molecule has 0 atom stereocenters. The SMILES string of the molecule is Cn1nc(N)c(NCCO)c1N.O=S(=O)(O)O. The third-order valence-corrected chi connectivity index (χ3v) is 1.53. The summed E-state index contributed by atoms with van der Waals surface area (Å²) in [6, 6.07) is 0. The molecule has 0 fully saturated rings. The van der Waals surface area contributed by atoms with Gasteiger partial charge in [-0.15, -0.1) is 0 Å². The molecule has 0 amide bonds. The van der Waals surface area contributed by atoms with Crippen molar-refractivity contribution < 1.29 is 22.6 Å². The smallest absolute Gasteiger partial charge is 0.394 e. The molecule has 0 unspecified atom stereocenters. The molecule has 0 spiro atoms. The molecule has 1 rings (SSSR count). The normalized spacial score (nSPS) is 10.6. The van der Waals surface area contributed by atoms with E-state index < -0.39 is 10.4 Å². The van der Waals surface area contributed by atoms with Crippen molar-refractivity contribution in [2.75, 3.05) is 29.9 Å². The zero-order valence-electron chi connectivity index (χ0n) is 9.03. The summed E-state index contributed by atoms with van der Waals surface area (Å²) in [6.07, 6.45) is 0. The number of aromatic nitrogens is 2. The van der Waals surface area contributed by atoms with Crippen LogP contribution in [0.4, 0.5) is 17.3 Å². The Bertz CT molecular complexity index is 448. The lowest BCUT2D eigenvalue weighted by Gasteiger charge is -2.02. The van der Waals surface area contributed by atoms with Crippen molar-refractivity contribution >= 4 is 27.7 Å². The van der Waals surface area contributed by atoms with Crippen LogP contribution in [0.3, 0.4) is 0 Å². The van der Waals surface area contributed by atoms with E-state index in [4.69, 9.17) is 34.1 Å². The minimum Gasteiger partial charge on any atom is -0.395 e. The number of rotatable bonds is 3. The van der Waals surface area contributed by atoms with E-state index in [9.17, 15) is 0 Å². The first kappa shape index (κ1) is 15.4. The van der Waals surface area contributed by atoms with E-state index in [0.717, 1.165) is 0 Å². The lowest BCUT2D eigenvalue weighted by molar-refractivity contribution is 0.311. The molecule has 0 aliphatic rings. The summed E-state index contributed by atoms with van der Waals surface area (Å²) in [5.41, 5.74) is 11.7. The number of anilines is 3. The number of aryl methyl sites for hydroxylation is 1. The third-order valence-electron chi connectivity index (χ3n) is 1.53. The van der Waals surface area contributed by atoms with Gasteiger partial charge >= 0.3 is 10.4 Å². The van der Waals surface area contributed by atoms with E-state index in [-0.39, 0.29) is 6.61 Å². The molecule has 0 aliphatic heterocycles. The summed E-state index contributed by atoms with van der Waals surface area (Å²) in [7, 11) is -2.96. The van der Waals surface area contributed by atoms with Crippen molar-refractivity contribution in [3.05, 3.63) is 0 Å². The predicted octanol–water partition coefficient (Wildman–Crippen LogP) is -1.66. The molecule has 100 valence electrons. The van der Waals surface area contributed by atoms with Crippen molar-refractivity contribution in [2.24, 2.45) is 7.05 Å². The molecule has 1 heterocycles. The maximum atomic E-state index is 8.74. The first-order valence-electron chi connectivity index (χ1n) is 4.29. The Balaban J connectivity index is 0.000000437. The van der Waals surface area contributed by atoms with Crippen molar-refractivity contribution in [1.82, 2.24) is 9.78 Å². The van der Waals surface area contributed by atoms with Gasteiger partial charge in [0.2, 0.25) is 0 Å². The number of hydrogen-bond acceptors (Lipinski definition) is 7. The van der Waals surface area contributed by atoms with Gasteiger partial charge in [-0.1, -0.05) is 0 Å². The topological polar surface area (TPSA) is 177 Å². The fourth-order valence-corrected chi connectivity index (χ4v) is 0.921. The van der Waals surface area contributed by atoms with Crippen LogP contribution in [0, 0.1) is 0 Å². The van der Waals surface area contributed by atoms with Crippen LogP contribution in [0.15, 0.2) is 0 Å². The summed E-state index contributed by atoms with van der Waals surface area (Å²) >= 11 is 0. The summed E-state index contributed by atoms with van der Waals surface area (Å²) in [4.78, 5) is 0. The Morgan fingerprint density at radius 2 is 1.88 bits per heavy atom. The number of aliphatic hydroxyl groups is 1. The van der Waals surface area contributed by atoms with Crippen LogP contribution in [-0.4, -0.2) is 45.6 Å². The van der Waals surface area contributed by atoms with Crippen LogP contribution >= 0.6 is 0 Å². The number of nitrogens with zero attached hydrogens (tertiary/aromatic N) is 2. The minimum absolute atomic E-state index is 0.0355. The van der Waals surface area contributed by atoms with Crippen molar-refractivity contribution in [3.8, 4) is 0 Å². The van der Waals surface area contributed by atoms with Crippen molar-refractivity contribution in [2.45, 2.75) is 0 Å². The second kappa shape index (κ2) is 6.24. The Labute approximate surface area is 97.8 Å². The van der Waals surface area contributed by atoms with Crippen LogP contribution in [0.5, 0.6) is 0 Å². The third kappa shape index (κ3) is 6.57. The van der Waals surface area contributed by atoms with Gasteiger partial charge in [-0.25, -0.2) is 4.68 Å². The molecular weight excluding hydrogens is 254 g/mol. The molecule has 10 nitrogen and oxygen atoms in total. The zero-order valence-corrected chi connectivity index (χ0v) is 9.85. The molecule has 0 aliphatic carbocycles. The van der Waals surface area contributed by atoms with Crippen LogP contribution in [-0.2, 0) is 17.4 Å². The van der Waals surface area contributed by atoms with Crippen LogP contribution in [0.1, 0.15) is 0 Å². The van der Waals surface area contributed by atoms with Gasteiger partial charge in [0.05, 0.1) is 6.61 Å². The second-order valence-corrected chi connectivity index (χ2v) is 3.76. The standard InChI is InChI=1S/C6H13N5O.H2O4S/c1-11-6(8)4(5(7)10-11)9-2-3-12;1-5(2,3)4/h9,12H,2-3,8H2,1H3,(H2,7,10);(H2,1,2,3,4). The van der Waals surface area contributed by atoms with E-state index in [0.29, 0.717) is 23.9 Å². The molecule has 8 N–H and O–H groups in total. The maximum absolute atomic E-state index is 8.74. The van der Waals surface area contributed by atoms with E-state index in [2.05, 4.69) is 10.4 Å². The minimum atomic E-state index is -4.67. The number of aliphatic hydroxyl groups excluding tert-OH is 1. The molecule has 0 aromatic carbocycles. The average molecular weight is 269 g/mol. The van der Waals surface area contributed by atoms with Gasteiger partial charge < -0.3 is 21.9 Å². The van der Waals surface area contributed by atoms with Crippen LogP contribution in [0.2, 0.25) is 0 Å². The van der Waals surface area contributed by atoms with E-state index >= 15 is 0 Å². The van der Waals surface area contributed by atoms with Gasteiger partial charge in [0, 0.05) is 13.6 Å². The van der Waals surface area contributed by atoms with E-state index in [1.54, 1.807) is 7.05 Å². The maximum Gasteiger partial charge on any atom is 0.394 e. The first-order valence-corrected chi connectivity index (χ1v) is 5.69. The van der Waals surface area contributed by atoms with Crippen molar-refractivity contribution in [3.63, 3.8) is 0 Å². The van der Waals surface area contributed by atoms with Crippen molar-refractivity contribution in [1.29, 1.82) is 0 Å². The second-order valence-electron chi connectivity index (χ2n) is 2.87. The van der Waals surface area contributed by atoms with Crippen LogP contribution < -0.4 is 16.8 Å². The lowest BCUT2D eigenvalue weighted by atomic mass is 10.4. The highest BCUT2D eigenvalue weighted by Crippen LogP contribution is 2.23. The molecule has 1 aromatic heterocycles. The summed E-state index contributed by atoms with van der Waals surface area (Å²) in [5, 5.41) is 15.3. The fourth-order valence-electron chi connectivity index (χ4n) is 0.921. The molecular formula is C6H15N5O5S. The average Bonchev–Trinajstić information content (AvgIpc) is 2.37. The molecule has 0 saturated heterocycles. The van der Waals surface area contributed by atoms with Gasteiger partial charge in [0.15, 0.2) is 5.82 Å². The Hall–Kier alpha value is -1.56.